The van der Waals surface area contributed by atoms with E-state index in [4.69, 9.17) is 28.4 Å². The van der Waals surface area contributed by atoms with E-state index in [2.05, 4.69) is 0 Å². The number of hydrogen-bond acceptors (Lipinski definition) is 8. The second kappa shape index (κ2) is 15.3. The van der Waals surface area contributed by atoms with E-state index in [9.17, 15) is 35.9 Å². The maximum atomic E-state index is 14.1. The Morgan fingerprint density at radius 3 is 1.27 bits per heavy atom. The number of hydrogen-bond donors (Lipinski definition) is 0. The maximum Gasteiger partial charge on any atom is 0.420 e. The van der Waals surface area contributed by atoms with Crippen molar-refractivity contribution in [3.8, 4) is 23.0 Å². The van der Waals surface area contributed by atoms with Crippen molar-refractivity contribution in [1.82, 2.24) is 0 Å². The number of benzene rings is 3. The van der Waals surface area contributed by atoms with E-state index in [1.807, 2.05) is 0 Å². The van der Waals surface area contributed by atoms with Gasteiger partial charge in [-0.1, -0.05) is 24.3 Å². The van der Waals surface area contributed by atoms with Crippen LogP contribution in [0.2, 0.25) is 0 Å². The van der Waals surface area contributed by atoms with Crippen LogP contribution >= 0.6 is 0 Å². The lowest BCUT2D eigenvalue weighted by atomic mass is 10.0. The summed E-state index contributed by atoms with van der Waals surface area (Å²) < 4.78 is 115. The fraction of sp³-hybridized carbons (Fsp3) is 0.412. The summed E-state index contributed by atoms with van der Waals surface area (Å²) in [6, 6.07) is 14.3. The molecule has 3 aromatic carbocycles. The molecule has 2 heterocycles. The molecular weight excluding hydrogens is 650 g/mol. The van der Waals surface area contributed by atoms with Gasteiger partial charge in [0, 0.05) is 25.7 Å². The normalized spacial score (nSPS) is 17.0. The minimum Gasteiger partial charge on any atom is -0.493 e. The summed E-state index contributed by atoms with van der Waals surface area (Å²) in [7, 11) is 0. The second-order valence-corrected chi connectivity index (χ2v) is 11.2. The number of aryl methyl sites for hydroxylation is 2. The zero-order chi connectivity index (χ0) is 34.3. The number of carbonyl (C=O) groups excluding carboxylic acids is 2. The van der Waals surface area contributed by atoms with E-state index in [1.165, 1.54) is 0 Å². The van der Waals surface area contributed by atoms with Gasteiger partial charge >= 0.3 is 24.3 Å². The molecule has 0 radical (unpaired) electrons. The lowest BCUT2D eigenvalue weighted by Crippen LogP contribution is -2.22. The quantitative estimate of drug-likeness (QED) is 0.0682. The van der Waals surface area contributed by atoms with Crippen LogP contribution in [0.4, 0.5) is 26.3 Å². The molecule has 2 aliphatic rings. The van der Waals surface area contributed by atoms with Crippen LogP contribution in [0.3, 0.4) is 0 Å². The lowest BCUT2D eigenvalue weighted by Gasteiger charge is -2.21. The van der Waals surface area contributed by atoms with Gasteiger partial charge in [0.25, 0.3) is 0 Å². The van der Waals surface area contributed by atoms with Gasteiger partial charge in [-0.2, -0.15) is 26.3 Å². The monoisotopic (exact) mass is 682 g/mol. The lowest BCUT2D eigenvalue weighted by molar-refractivity contribution is -0.165. The summed E-state index contributed by atoms with van der Waals surface area (Å²) in [5.41, 5.74) is -3.28. The summed E-state index contributed by atoms with van der Waals surface area (Å²) in [6.45, 7) is 2.33. The minimum absolute atomic E-state index is 0.0454. The highest BCUT2D eigenvalue weighted by Crippen LogP contribution is 2.49. The summed E-state index contributed by atoms with van der Waals surface area (Å²) in [5.74, 6) is -3.92. The number of alkyl halides is 6. The van der Waals surface area contributed by atoms with Crippen molar-refractivity contribution >= 4 is 11.9 Å². The van der Waals surface area contributed by atoms with E-state index >= 15 is 0 Å². The van der Waals surface area contributed by atoms with Gasteiger partial charge in [0.2, 0.25) is 0 Å². The Bertz CT molecular complexity index is 1430. The van der Waals surface area contributed by atoms with Crippen molar-refractivity contribution in [2.45, 2.75) is 63.1 Å². The van der Waals surface area contributed by atoms with Gasteiger partial charge < -0.3 is 28.4 Å². The molecule has 0 aliphatic carbocycles. The van der Waals surface area contributed by atoms with Crippen LogP contribution in [0.15, 0.2) is 60.7 Å². The van der Waals surface area contributed by atoms with Crippen molar-refractivity contribution in [2.24, 2.45) is 0 Å². The molecule has 8 nitrogen and oxygen atoms in total. The third-order valence-corrected chi connectivity index (χ3v) is 7.45. The number of carbonyl (C=O) groups is 2. The first-order valence-electron chi connectivity index (χ1n) is 15.2. The predicted octanol–water partition coefficient (Wildman–Crippen LogP) is 7.14. The summed E-state index contributed by atoms with van der Waals surface area (Å²) in [4.78, 5) is 25.0. The molecule has 0 N–H and O–H groups in total. The molecule has 2 aliphatic heterocycles. The number of halogens is 6. The van der Waals surface area contributed by atoms with E-state index in [-0.39, 0.29) is 25.0 Å². The van der Waals surface area contributed by atoms with Gasteiger partial charge in [-0.05, 0) is 60.4 Å². The van der Waals surface area contributed by atoms with Crippen LogP contribution < -0.4 is 18.9 Å². The molecule has 258 valence electrons. The molecule has 0 aromatic heterocycles. The largest absolute Gasteiger partial charge is 0.493 e. The van der Waals surface area contributed by atoms with Crippen LogP contribution in [0.25, 0.3) is 0 Å². The van der Waals surface area contributed by atoms with Crippen molar-refractivity contribution in [2.75, 3.05) is 26.4 Å². The Kier molecular flexibility index (Phi) is 11.2. The van der Waals surface area contributed by atoms with Crippen molar-refractivity contribution < 1.29 is 64.4 Å². The second-order valence-electron chi connectivity index (χ2n) is 11.2. The standard InChI is InChI=1S/C34H32F6O8/c35-33(36,37)31-27(47-29(41)13-5-21-1-7-23(8-2-21)43-17-15-25-19-45-25)11-12-28(32(31)34(38,39)40)48-30(42)14-6-22-3-9-24(10-4-22)44-18-16-26-20-46-26/h1-4,7-12,25-26H,5-6,13-20H2. The summed E-state index contributed by atoms with van der Waals surface area (Å²) >= 11 is 0. The number of rotatable bonds is 16. The number of esters is 2. The first-order valence-corrected chi connectivity index (χ1v) is 15.2. The fourth-order valence-corrected chi connectivity index (χ4v) is 4.73. The molecule has 3 aromatic rings. The third kappa shape index (κ3) is 10.6. The third-order valence-electron chi connectivity index (χ3n) is 7.45. The van der Waals surface area contributed by atoms with Crippen molar-refractivity contribution in [3.05, 3.63) is 82.9 Å². The predicted molar refractivity (Wildman–Crippen MR) is 157 cm³/mol. The highest BCUT2D eigenvalue weighted by Gasteiger charge is 2.49. The summed E-state index contributed by atoms with van der Waals surface area (Å²) in [6.07, 6.45) is -10.1. The Morgan fingerprint density at radius 1 is 0.604 bits per heavy atom. The maximum absolute atomic E-state index is 14.1. The molecule has 0 amide bonds. The smallest absolute Gasteiger partial charge is 0.420 e. The van der Waals surface area contributed by atoms with E-state index < -0.39 is 59.8 Å². The Morgan fingerprint density at radius 2 is 0.958 bits per heavy atom. The zero-order valence-electron chi connectivity index (χ0n) is 25.5. The first-order chi connectivity index (χ1) is 22.8. The van der Waals surface area contributed by atoms with Gasteiger partial charge in [-0.25, -0.2) is 0 Å². The van der Waals surface area contributed by atoms with Crippen LogP contribution in [0.5, 0.6) is 23.0 Å². The average molecular weight is 683 g/mol. The van der Waals surface area contributed by atoms with Gasteiger partial charge in [0.15, 0.2) is 0 Å². The minimum atomic E-state index is -5.61. The SMILES string of the molecule is O=C(CCc1ccc(OCCC2CO2)cc1)Oc1ccc(OC(=O)CCc2ccc(OCCC3CO3)cc2)c(C(F)(F)F)c1C(F)(F)F. The molecule has 2 saturated heterocycles. The molecule has 48 heavy (non-hydrogen) atoms. The van der Waals surface area contributed by atoms with Gasteiger partial charge in [-0.15, -0.1) is 0 Å². The highest BCUT2D eigenvalue weighted by molar-refractivity contribution is 5.75. The molecule has 2 atom stereocenters. The molecule has 0 bridgehead atoms. The molecule has 0 saturated carbocycles. The van der Waals surface area contributed by atoms with E-state index in [1.54, 1.807) is 48.5 Å². The Labute approximate surface area is 271 Å². The highest BCUT2D eigenvalue weighted by atomic mass is 19.4. The number of ether oxygens (including phenoxy) is 6. The first kappa shape index (κ1) is 35.0. The molecule has 2 fully saturated rings. The molecule has 0 spiro atoms. The number of epoxide rings is 2. The Balaban J connectivity index is 1.19. The average Bonchev–Trinajstić information content (AvgIpc) is 3.97. The van der Waals surface area contributed by atoms with Crippen LogP contribution in [-0.2, 0) is 44.3 Å². The molecule has 5 rings (SSSR count). The molecule has 2 unspecified atom stereocenters. The molecule has 14 heteroatoms. The van der Waals surface area contributed by atoms with Crippen LogP contribution in [0, 0.1) is 0 Å². The van der Waals surface area contributed by atoms with Crippen LogP contribution in [0.1, 0.15) is 47.9 Å². The van der Waals surface area contributed by atoms with Gasteiger partial charge in [-0.3, -0.25) is 9.59 Å². The topological polar surface area (TPSA) is 96.1 Å². The summed E-state index contributed by atoms with van der Waals surface area (Å²) in [5, 5.41) is 0. The van der Waals surface area contributed by atoms with Crippen LogP contribution in [-0.4, -0.2) is 50.6 Å². The molecular formula is C34H32F6O8. The fourth-order valence-electron chi connectivity index (χ4n) is 4.73. The Hall–Kier alpha value is -4.30. The van der Waals surface area contributed by atoms with E-state index in [0.717, 1.165) is 12.8 Å². The van der Waals surface area contributed by atoms with E-state index in [0.29, 0.717) is 61.2 Å². The van der Waals surface area contributed by atoms with Gasteiger partial charge in [0.05, 0.1) is 38.6 Å². The van der Waals surface area contributed by atoms with Crippen molar-refractivity contribution in [3.63, 3.8) is 0 Å². The zero-order valence-corrected chi connectivity index (χ0v) is 25.5. The van der Waals surface area contributed by atoms with Crippen molar-refractivity contribution in [1.29, 1.82) is 0 Å². The van der Waals surface area contributed by atoms with Gasteiger partial charge in [0.1, 0.15) is 34.1 Å².